The molecular formula is C19H18FNO4. The van der Waals surface area contributed by atoms with E-state index in [1.165, 1.54) is 25.3 Å². The minimum Gasteiger partial charge on any atom is -0.494 e. The van der Waals surface area contributed by atoms with Crippen molar-refractivity contribution in [2.24, 2.45) is 0 Å². The summed E-state index contributed by atoms with van der Waals surface area (Å²) < 4.78 is 29.1. The largest absolute Gasteiger partial charge is 0.494 e. The summed E-state index contributed by atoms with van der Waals surface area (Å²) in [4.78, 5) is 13.8. The molecule has 0 radical (unpaired) electrons. The molecule has 2 aromatic carbocycles. The van der Waals surface area contributed by atoms with Crippen molar-refractivity contribution in [2.45, 2.75) is 6.54 Å². The molecule has 0 atom stereocenters. The third-order valence-corrected chi connectivity index (χ3v) is 3.83. The smallest absolute Gasteiger partial charge is 0.246 e. The standard InChI is InChI=1S/C19H18FNO4/c1-21(11-14-4-7-17-18(10-14)25-12-24-17)19(22)8-5-13-3-6-16(23-2)15(20)9-13/h3-10H,11-12H2,1-2H3. The van der Waals surface area contributed by atoms with Crippen LogP contribution in [-0.2, 0) is 11.3 Å². The van der Waals surface area contributed by atoms with Gasteiger partial charge in [0.2, 0.25) is 12.7 Å². The van der Waals surface area contributed by atoms with Crippen molar-refractivity contribution >= 4 is 12.0 Å². The first kappa shape index (κ1) is 16.8. The number of nitrogens with zero attached hydrogens (tertiary/aromatic N) is 1. The number of benzene rings is 2. The Bertz CT molecular complexity index is 819. The molecule has 130 valence electrons. The molecule has 3 rings (SSSR count). The van der Waals surface area contributed by atoms with E-state index in [0.29, 0.717) is 23.6 Å². The zero-order valence-corrected chi connectivity index (χ0v) is 14.0. The van der Waals surface area contributed by atoms with Crippen LogP contribution in [0, 0.1) is 5.82 Å². The molecule has 1 heterocycles. The fourth-order valence-electron chi connectivity index (χ4n) is 2.47. The minimum atomic E-state index is -0.467. The van der Waals surface area contributed by atoms with E-state index in [0.717, 1.165) is 5.56 Å². The second-order valence-electron chi connectivity index (χ2n) is 5.61. The number of halogens is 1. The van der Waals surface area contributed by atoms with E-state index in [9.17, 15) is 9.18 Å². The maximum Gasteiger partial charge on any atom is 0.246 e. The number of fused-ring (bicyclic) bond motifs is 1. The lowest BCUT2D eigenvalue weighted by atomic mass is 10.1. The molecule has 6 heteroatoms. The Balaban J connectivity index is 1.63. The van der Waals surface area contributed by atoms with Crippen molar-refractivity contribution in [1.29, 1.82) is 0 Å². The molecule has 1 aliphatic heterocycles. The van der Waals surface area contributed by atoms with Crippen LogP contribution in [0.25, 0.3) is 6.08 Å². The summed E-state index contributed by atoms with van der Waals surface area (Å²) in [6, 6.07) is 10.1. The number of hydrogen-bond donors (Lipinski definition) is 0. The number of rotatable bonds is 5. The predicted octanol–water partition coefficient (Wildman–Crippen LogP) is 3.23. The summed E-state index contributed by atoms with van der Waals surface area (Å²) in [5.74, 6) is 0.907. The summed E-state index contributed by atoms with van der Waals surface area (Å²) >= 11 is 0. The molecule has 0 N–H and O–H groups in total. The van der Waals surface area contributed by atoms with E-state index >= 15 is 0 Å². The van der Waals surface area contributed by atoms with Gasteiger partial charge in [-0.2, -0.15) is 0 Å². The minimum absolute atomic E-state index is 0.170. The van der Waals surface area contributed by atoms with Crippen LogP contribution in [0.3, 0.4) is 0 Å². The summed E-state index contributed by atoms with van der Waals surface area (Å²) in [7, 11) is 3.11. The van der Waals surface area contributed by atoms with Gasteiger partial charge < -0.3 is 19.1 Å². The Kier molecular flexibility index (Phi) is 4.88. The highest BCUT2D eigenvalue weighted by Crippen LogP contribution is 2.32. The van der Waals surface area contributed by atoms with Crippen LogP contribution in [0.4, 0.5) is 4.39 Å². The summed E-state index contributed by atoms with van der Waals surface area (Å²) in [5, 5.41) is 0. The van der Waals surface area contributed by atoms with Gasteiger partial charge in [-0.15, -0.1) is 0 Å². The fraction of sp³-hybridized carbons (Fsp3) is 0.211. The molecule has 0 fully saturated rings. The van der Waals surface area contributed by atoms with Crippen LogP contribution in [0.1, 0.15) is 11.1 Å². The number of likely N-dealkylation sites (N-methyl/N-ethyl adjacent to an activating group) is 1. The van der Waals surface area contributed by atoms with Crippen molar-refractivity contribution in [3.8, 4) is 17.2 Å². The third kappa shape index (κ3) is 3.91. The molecule has 1 aliphatic rings. The van der Waals surface area contributed by atoms with E-state index < -0.39 is 5.82 Å². The zero-order chi connectivity index (χ0) is 17.8. The first-order valence-electron chi connectivity index (χ1n) is 7.72. The Morgan fingerprint density at radius 1 is 1.24 bits per heavy atom. The lowest BCUT2D eigenvalue weighted by Crippen LogP contribution is -2.24. The van der Waals surface area contributed by atoms with Gasteiger partial charge in [-0.3, -0.25) is 4.79 Å². The second kappa shape index (κ2) is 7.25. The molecule has 0 spiro atoms. The molecule has 25 heavy (non-hydrogen) atoms. The lowest BCUT2D eigenvalue weighted by Gasteiger charge is -2.15. The van der Waals surface area contributed by atoms with Crippen LogP contribution in [0.2, 0.25) is 0 Å². The Morgan fingerprint density at radius 2 is 2.04 bits per heavy atom. The average molecular weight is 343 g/mol. The third-order valence-electron chi connectivity index (χ3n) is 3.83. The first-order valence-corrected chi connectivity index (χ1v) is 7.72. The monoisotopic (exact) mass is 343 g/mol. The highest BCUT2D eigenvalue weighted by molar-refractivity contribution is 5.91. The fourth-order valence-corrected chi connectivity index (χ4v) is 2.47. The molecule has 2 aromatic rings. The normalized spacial score (nSPS) is 12.4. The van der Waals surface area contributed by atoms with E-state index in [1.54, 1.807) is 24.1 Å². The Labute approximate surface area is 145 Å². The maximum atomic E-state index is 13.7. The highest BCUT2D eigenvalue weighted by Gasteiger charge is 2.14. The number of amides is 1. The number of ether oxygens (including phenoxy) is 3. The van der Waals surface area contributed by atoms with Crippen molar-refractivity contribution in [3.63, 3.8) is 0 Å². The van der Waals surface area contributed by atoms with E-state index in [-0.39, 0.29) is 18.4 Å². The summed E-state index contributed by atoms with van der Waals surface area (Å²) in [6.45, 7) is 0.644. The number of carbonyl (C=O) groups excluding carboxylic acids is 1. The second-order valence-corrected chi connectivity index (χ2v) is 5.61. The van der Waals surface area contributed by atoms with Gasteiger partial charge >= 0.3 is 0 Å². The maximum absolute atomic E-state index is 13.7. The van der Waals surface area contributed by atoms with Crippen LogP contribution >= 0.6 is 0 Å². The lowest BCUT2D eigenvalue weighted by molar-refractivity contribution is -0.125. The van der Waals surface area contributed by atoms with Crippen LogP contribution < -0.4 is 14.2 Å². The molecule has 1 amide bonds. The molecule has 0 aromatic heterocycles. The van der Waals surface area contributed by atoms with Gasteiger partial charge in [-0.25, -0.2) is 4.39 Å². The molecule has 5 nitrogen and oxygen atoms in total. The van der Waals surface area contributed by atoms with Gasteiger partial charge in [-0.05, 0) is 41.5 Å². The molecule has 0 bridgehead atoms. The predicted molar refractivity (Wildman–Crippen MR) is 91.0 cm³/mol. The van der Waals surface area contributed by atoms with Crippen LogP contribution in [-0.4, -0.2) is 31.8 Å². The highest BCUT2D eigenvalue weighted by atomic mass is 19.1. The van der Waals surface area contributed by atoms with Crippen molar-refractivity contribution in [3.05, 3.63) is 59.4 Å². The summed E-state index contributed by atoms with van der Waals surface area (Å²) in [5.41, 5.74) is 1.52. The topological polar surface area (TPSA) is 48.0 Å². The molecule has 0 aliphatic carbocycles. The van der Waals surface area contributed by atoms with Crippen LogP contribution in [0.5, 0.6) is 17.2 Å². The van der Waals surface area contributed by atoms with E-state index in [1.807, 2.05) is 18.2 Å². The Morgan fingerprint density at radius 3 is 2.80 bits per heavy atom. The van der Waals surface area contributed by atoms with Crippen molar-refractivity contribution in [2.75, 3.05) is 21.0 Å². The van der Waals surface area contributed by atoms with Gasteiger partial charge in [0.05, 0.1) is 7.11 Å². The van der Waals surface area contributed by atoms with Gasteiger partial charge in [-0.1, -0.05) is 12.1 Å². The average Bonchev–Trinajstić information content (AvgIpc) is 3.07. The van der Waals surface area contributed by atoms with Gasteiger partial charge in [0.1, 0.15) is 0 Å². The van der Waals surface area contributed by atoms with Crippen molar-refractivity contribution in [1.82, 2.24) is 4.90 Å². The van der Waals surface area contributed by atoms with E-state index in [4.69, 9.17) is 14.2 Å². The molecular weight excluding hydrogens is 325 g/mol. The molecule has 0 unspecified atom stereocenters. The van der Waals surface area contributed by atoms with Crippen LogP contribution in [0.15, 0.2) is 42.5 Å². The van der Waals surface area contributed by atoms with Gasteiger partial charge in [0, 0.05) is 19.7 Å². The number of carbonyl (C=O) groups is 1. The molecule has 0 saturated heterocycles. The SMILES string of the molecule is COc1ccc(C=CC(=O)N(C)Cc2ccc3c(c2)OCO3)cc1F. The van der Waals surface area contributed by atoms with Gasteiger partial charge in [0.15, 0.2) is 23.1 Å². The zero-order valence-electron chi connectivity index (χ0n) is 14.0. The first-order chi connectivity index (χ1) is 12.1. The van der Waals surface area contributed by atoms with E-state index in [2.05, 4.69) is 0 Å². The van der Waals surface area contributed by atoms with Crippen molar-refractivity contribution < 1.29 is 23.4 Å². The number of methoxy groups -OCH3 is 1. The summed E-state index contributed by atoms with van der Waals surface area (Å²) in [6.07, 6.45) is 2.98. The molecule has 0 saturated carbocycles. The Hall–Kier alpha value is -3.02. The number of hydrogen-bond acceptors (Lipinski definition) is 4. The van der Waals surface area contributed by atoms with Gasteiger partial charge in [0.25, 0.3) is 0 Å². The quantitative estimate of drug-likeness (QED) is 0.782.